The molecule has 2 nitrogen and oxygen atoms in total. The molecule has 0 spiro atoms. The second kappa shape index (κ2) is 3.53. The van der Waals surface area contributed by atoms with Crippen molar-refractivity contribution in [3.05, 3.63) is 29.8 Å². The first kappa shape index (κ1) is 10.5. The van der Waals surface area contributed by atoms with Crippen LogP contribution in [0.3, 0.4) is 0 Å². The Kier molecular flexibility index (Phi) is 2.47. The molecule has 0 aromatic heterocycles. The molecular weight excluding hydrogens is 186 g/mol. The number of benzene rings is 1. The smallest absolute Gasteiger partial charge is 0.0476 e. The van der Waals surface area contributed by atoms with Gasteiger partial charge in [-0.3, -0.25) is 0 Å². The van der Waals surface area contributed by atoms with E-state index in [2.05, 4.69) is 44.3 Å². The van der Waals surface area contributed by atoms with Gasteiger partial charge in [0.1, 0.15) is 0 Å². The number of hydrogen-bond acceptors (Lipinski definition) is 2. The third-order valence-electron chi connectivity index (χ3n) is 3.57. The summed E-state index contributed by atoms with van der Waals surface area (Å²) in [5.74, 6) is 0.271. The van der Waals surface area contributed by atoms with E-state index in [0.29, 0.717) is 6.04 Å². The van der Waals surface area contributed by atoms with E-state index in [4.69, 9.17) is 0 Å². The molecule has 1 aromatic carbocycles. The minimum atomic E-state index is 0.0960. The fourth-order valence-electron chi connectivity index (χ4n) is 2.65. The number of aliphatic hydroxyl groups is 1. The summed E-state index contributed by atoms with van der Waals surface area (Å²) in [5.41, 5.74) is 2.67. The maximum absolute atomic E-state index is 9.27. The van der Waals surface area contributed by atoms with Crippen molar-refractivity contribution >= 4 is 5.69 Å². The Hall–Kier alpha value is -1.02. The lowest BCUT2D eigenvalue weighted by atomic mass is 9.76. The number of anilines is 1. The molecule has 2 N–H and O–H groups in total. The highest BCUT2D eigenvalue weighted by Crippen LogP contribution is 2.42. The Morgan fingerprint density at radius 2 is 2.07 bits per heavy atom. The van der Waals surface area contributed by atoms with Gasteiger partial charge in [0.25, 0.3) is 0 Å². The van der Waals surface area contributed by atoms with Crippen LogP contribution in [0.4, 0.5) is 5.69 Å². The molecule has 1 aliphatic rings. The van der Waals surface area contributed by atoms with Crippen LogP contribution in [0.2, 0.25) is 0 Å². The number of hydrogen-bond donors (Lipinski definition) is 2. The lowest BCUT2D eigenvalue weighted by Crippen LogP contribution is -2.40. The van der Waals surface area contributed by atoms with Crippen molar-refractivity contribution in [2.24, 2.45) is 5.92 Å². The van der Waals surface area contributed by atoms with Crippen LogP contribution in [0, 0.1) is 5.92 Å². The van der Waals surface area contributed by atoms with E-state index in [9.17, 15) is 5.11 Å². The lowest BCUT2D eigenvalue weighted by Gasteiger charge is -2.31. The number of aliphatic hydroxyl groups excluding tert-OH is 1. The van der Waals surface area contributed by atoms with Gasteiger partial charge in [-0.2, -0.15) is 0 Å². The van der Waals surface area contributed by atoms with Gasteiger partial charge in [-0.15, -0.1) is 0 Å². The zero-order valence-electron chi connectivity index (χ0n) is 9.62. The molecule has 0 saturated heterocycles. The standard InChI is InChI=1S/C13H19NO/c1-9(8-15)12-13(2,3)10-6-4-5-7-11(10)14-12/h4-7,9,12,14-15H,8H2,1-3H3. The second-order valence-corrected chi connectivity index (χ2v) is 5.05. The average Bonchev–Trinajstić information content (AvgIpc) is 2.51. The molecule has 2 unspecified atom stereocenters. The van der Waals surface area contributed by atoms with Crippen molar-refractivity contribution in [1.82, 2.24) is 0 Å². The molecule has 0 radical (unpaired) electrons. The summed E-state index contributed by atoms with van der Waals surface area (Å²) in [5, 5.41) is 12.8. The zero-order chi connectivity index (χ0) is 11.1. The molecule has 1 aromatic rings. The molecule has 0 fully saturated rings. The largest absolute Gasteiger partial charge is 0.396 e. The SMILES string of the molecule is CC(CO)C1Nc2ccccc2C1(C)C. The van der Waals surface area contributed by atoms with E-state index >= 15 is 0 Å². The summed E-state index contributed by atoms with van der Waals surface area (Å²) in [4.78, 5) is 0. The highest BCUT2D eigenvalue weighted by Gasteiger charge is 2.41. The van der Waals surface area contributed by atoms with Crippen LogP contribution in [-0.4, -0.2) is 17.8 Å². The zero-order valence-corrected chi connectivity index (χ0v) is 9.62. The van der Waals surface area contributed by atoms with Gasteiger partial charge in [-0.1, -0.05) is 39.0 Å². The summed E-state index contributed by atoms with van der Waals surface area (Å²) < 4.78 is 0. The highest BCUT2D eigenvalue weighted by molar-refractivity contribution is 5.61. The topological polar surface area (TPSA) is 32.3 Å². The van der Waals surface area contributed by atoms with Gasteiger partial charge in [0.15, 0.2) is 0 Å². The monoisotopic (exact) mass is 205 g/mol. The summed E-state index contributed by atoms with van der Waals surface area (Å²) in [6.07, 6.45) is 0. The van der Waals surface area contributed by atoms with E-state index in [1.165, 1.54) is 11.3 Å². The number of para-hydroxylation sites is 1. The maximum atomic E-state index is 9.27. The summed E-state index contributed by atoms with van der Waals surface area (Å²) in [6.45, 7) is 6.80. The van der Waals surface area contributed by atoms with Crippen molar-refractivity contribution in [3.63, 3.8) is 0 Å². The molecular formula is C13H19NO. The van der Waals surface area contributed by atoms with Gasteiger partial charge >= 0.3 is 0 Å². The van der Waals surface area contributed by atoms with Gasteiger partial charge in [-0.25, -0.2) is 0 Å². The minimum Gasteiger partial charge on any atom is -0.396 e. The maximum Gasteiger partial charge on any atom is 0.0476 e. The van der Waals surface area contributed by atoms with E-state index in [1.54, 1.807) is 0 Å². The number of rotatable bonds is 2. The van der Waals surface area contributed by atoms with Crippen molar-refractivity contribution in [3.8, 4) is 0 Å². The third-order valence-corrected chi connectivity index (χ3v) is 3.57. The summed E-state index contributed by atoms with van der Waals surface area (Å²) in [6, 6.07) is 8.73. The molecule has 1 heterocycles. The molecule has 2 heteroatoms. The summed E-state index contributed by atoms with van der Waals surface area (Å²) >= 11 is 0. The first-order chi connectivity index (χ1) is 7.07. The molecule has 0 amide bonds. The average molecular weight is 205 g/mol. The summed E-state index contributed by atoms with van der Waals surface area (Å²) in [7, 11) is 0. The molecule has 15 heavy (non-hydrogen) atoms. The Morgan fingerprint density at radius 1 is 1.40 bits per heavy atom. The lowest BCUT2D eigenvalue weighted by molar-refractivity contribution is 0.199. The normalized spacial score (nSPS) is 24.4. The fraction of sp³-hybridized carbons (Fsp3) is 0.538. The molecule has 1 aliphatic heterocycles. The molecule has 0 aliphatic carbocycles. The molecule has 2 atom stereocenters. The van der Waals surface area contributed by atoms with E-state index in [-0.39, 0.29) is 17.9 Å². The fourth-order valence-corrected chi connectivity index (χ4v) is 2.65. The van der Waals surface area contributed by atoms with Gasteiger partial charge in [0, 0.05) is 29.7 Å². The van der Waals surface area contributed by atoms with Crippen molar-refractivity contribution in [2.45, 2.75) is 32.2 Å². The number of fused-ring (bicyclic) bond motifs is 1. The van der Waals surface area contributed by atoms with E-state index in [1.807, 2.05) is 6.07 Å². The van der Waals surface area contributed by atoms with Crippen LogP contribution < -0.4 is 5.32 Å². The van der Waals surface area contributed by atoms with Crippen LogP contribution in [-0.2, 0) is 5.41 Å². The minimum absolute atomic E-state index is 0.0960. The predicted molar refractivity (Wildman–Crippen MR) is 63.1 cm³/mol. The van der Waals surface area contributed by atoms with Crippen LogP contribution in [0.1, 0.15) is 26.3 Å². The first-order valence-electron chi connectivity index (χ1n) is 5.54. The molecule has 0 saturated carbocycles. The molecule has 82 valence electrons. The quantitative estimate of drug-likeness (QED) is 0.777. The van der Waals surface area contributed by atoms with Gasteiger partial charge in [-0.05, 0) is 11.6 Å². The first-order valence-corrected chi connectivity index (χ1v) is 5.54. The van der Waals surface area contributed by atoms with Crippen LogP contribution in [0.5, 0.6) is 0 Å². The second-order valence-electron chi connectivity index (χ2n) is 5.05. The van der Waals surface area contributed by atoms with Crippen molar-refractivity contribution in [1.29, 1.82) is 0 Å². The Morgan fingerprint density at radius 3 is 2.67 bits per heavy atom. The Bertz CT molecular complexity index is 359. The van der Waals surface area contributed by atoms with Crippen molar-refractivity contribution in [2.75, 3.05) is 11.9 Å². The Balaban J connectivity index is 2.38. The van der Waals surface area contributed by atoms with Crippen LogP contribution >= 0.6 is 0 Å². The number of nitrogens with one attached hydrogen (secondary N) is 1. The van der Waals surface area contributed by atoms with Crippen molar-refractivity contribution < 1.29 is 5.11 Å². The highest BCUT2D eigenvalue weighted by atomic mass is 16.3. The van der Waals surface area contributed by atoms with Crippen LogP contribution in [0.25, 0.3) is 0 Å². The van der Waals surface area contributed by atoms with Crippen LogP contribution in [0.15, 0.2) is 24.3 Å². The Labute approximate surface area is 91.3 Å². The van der Waals surface area contributed by atoms with Gasteiger partial charge in [0.05, 0.1) is 0 Å². The van der Waals surface area contributed by atoms with E-state index < -0.39 is 0 Å². The van der Waals surface area contributed by atoms with E-state index in [0.717, 1.165) is 0 Å². The third kappa shape index (κ3) is 1.53. The molecule has 0 bridgehead atoms. The van der Waals surface area contributed by atoms with Gasteiger partial charge < -0.3 is 10.4 Å². The molecule has 2 rings (SSSR count). The predicted octanol–water partition coefficient (Wildman–Crippen LogP) is 2.39. The van der Waals surface area contributed by atoms with Gasteiger partial charge in [0.2, 0.25) is 0 Å².